The molecular weight excluding hydrogens is 424 g/mol. The highest BCUT2D eigenvalue weighted by Gasteiger charge is 2.74. The second-order valence-electron chi connectivity index (χ2n) is 11.1. The highest BCUT2D eigenvalue weighted by Crippen LogP contribution is 2.65. The van der Waals surface area contributed by atoms with Crippen molar-refractivity contribution in [3.63, 3.8) is 0 Å². The summed E-state index contributed by atoms with van der Waals surface area (Å²) in [5.74, 6) is -4.94. The van der Waals surface area contributed by atoms with Crippen LogP contribution in [0.25, 0.3) is 0 Å². The zero-order valence-electron chi connectivity index (χ0n) is 19.7. The maximum Gasteiger partial charge on any atom is 0.307 e. The molecule has 2 amide bonds. The van der Waals surface area contributed by atoms with Gasteiger partial charge in [-0.3, -0.25) is 19.2 Å². The van der Waals surface area contributed by atoms with Crippen LogP contribution in [-0.4, -0.2) is 47.1 Å². The number of nitrogens with one attached hydrogen (secondary N) is 2. The van der Waals surface area contributed by atoms with E-state index in [9.17, 15) is 29.4 Å². The third-order valence-electron chi connectivity index (χ3n) is 9.01. The molecule has 0 aromatic carbocycles. The smallest absolute Gasteiger partial charge is 0.307 e. The van der Waals surface area contributed by atoms with Crippen molar-refractivity contribution in [3.05, 3.63) is 0 Å². The maximum atomic E-state index is 13.0. The van der Waals surface area contributed by atoms with Gasteiger partial charge in [-0.15, -0.1) is 0 Å². The molecule has 6 atom stereocenters. The average molecular weight is 463 g/mol. The first-order valence-corrected chi connectivity index (χ1v) is 12.7. The van der Waals surface area contributed by atoms with Crippen molar-refractivity contribution in [2.45, 2.75) is 70.8 Å². The molecule has 0 aromatic rings. The number of carboxylic acids is 2. The Morgan fingerprint density at radius 3 is 1.61 bits per heavy atom. The van der Waals surface area contributed by atoms with Gasteiger partial charge in [0, 0.05) is 13.1 Å². The van der Waals surface area contributed by atoms with Gasteiger partial charge in [-0.2, -0.15) is 0 Å². The van der Waals surface area contributed by atoms with Crippen molar-refractivity contribution in [1.82, 2.24) is 10.6 Å². The molecule has 4 N–H and O–H groups in total. The van der Waals surface area contributed by atoms with E-state index >= 15 is 0 Å². The molecule has 0 aliphatic heterocycles. The number of hydrogen-bond acceptors (Lipinski definition) is 4. The van der Waals surface area contributed by atoms with Gasteiger partial charge in [0.25, 0.3) is 0 Å². The minimum atomic E-state index is -1.10. The van der Waals surface area contributed by atoms with Gasteiger partial charge < -0.3 is 20.8 Å². The predicted molar refractivity (Wildman–Crippen MR) is 120 cm³/mol. The van der Waals surface area contributed by atoms with E-state index in [2.05, 4.69) is 17.6 Å². The van der Waals surface area contributed by atoms with Gasteiger partial charge in [-0.05, 0) is 61.7 Å². The molecule has 33 heavy (non-hydrogen) atoms. The van der Waals surface area contributed by atoms with E-state index in [4.69, 9.17) is 0 Å². The molecule has 4 fully saturated rings. The Bertz CT molecular complexity index is 784. The van der Waals surface area contributed by atoms with Gasteiger partial charge in [-0.1, -0.05) is 32.6 Å². The Morgan fingerprint density at radius 2 is 1.15 bits per heavy atom. The molecule has 0 saturated heterocycles. The number of aliphatic carboxylic acids is 2. The van der Waals surface area contributed by atoms with Gasteiger partial charge in [0.15, 0.2) is 0 Å². The van der Waals surface area contributed by atoms with Crippen molar-refractivity contribution >= 4 is 23.8 Å². The van der Waals surface area contributed by atoms with Crippen LogP contribution in [0.3, 0.4) is 0 Å². The van der Waals surface area contributed by atoms with Crippen LogP contribution in [-0.2, 0) is 19.2 Å². The summed E-state index contributed by atoms with van der Waals surface area (Å²) in [4.78, 5) is 48.4. The van der Waals surface area contributed by atoms with E-state index in [1.807, 2.05) is 0 Å². The third kappa shape index (κ3) is 5.04. The van der Waals surface area contributed by atoms with Crippen LogP contribution in [0.2, 0.25) is 0 Å². The van der Waals surface area contributed by atoms with Crippen LogP contribution >= 0.6 is 0 Å². The van der Waals surface area contributed by atoms with Crippen LogP contribution in [0.5, 0.6) is 0 Å². The summed E-state index contributed by atoms with van der Waals surface area (Å²) in [5.41, 5.74) is 0. The topological polar surface area (TPSA) is 133 Å². The van der Waals surface area contributed by atoms with E-state index in [1.165, 1.54) is 39.2 Å². The van der Waals surface area contributed by atoms with Crippen LogP contribution in [0, 0.1) is 53.3 Å². The van der Waals surface area contributed by atoms with Crippen LogP contribution in [0.15, 0.2) is 0 Å². The molecule has 184 valence electrons. The molecule has 0 aromatic heterocycles. The highest BCUT2D eigenvalue weighted by atomic mass is 16.4. The van der Waals surface area contributed by atoms with Gasteiger partial charge in [0.1, 0.15) is 0 Å². The van der Waals surface area contributed by atoms with E-state index in [0.29, 0.717) is 5.92 Å². The molecular formula is C25H38N2O6. The van der Waals surface area contributed by atoms with Crippen LogP contribution in [0.1, 0.15) is 64.7 Å². The van der Waals surface area contributed by atoms with Crippen molar-refractivity contribution in [2.24, 2.45) is 53.3 Å². The predicted octanol–water partition coefficient (Wildman–Crippen LogP) is 2.52. The Hall–Kier alpha value is -2.12. The maximum absolute atomic E-state index is 13.0. The molecule has 4 saturated carbocycles. The van der Waals surface area contributed by atoms with Crippen molar-refractivity contribution in [2.75, 3.05) is 7.05 Å². The number of carbonyl (C=O) groups excluding carboxylic acids is 2. The molecule has 0 bridgehead atoms. The van der Waals surface area contributed by atoms with Gasteiger partial charge in [-0.25, -0.2) is 0 Å². The second-order valence-corrected chi connectivity index (χ2v) is 11.1. The summed E-state index contributed by atoms with van der Waals surface area (Å²) in [5, 5.41) is 24.6. The number of hydrogen-bond donors (Lipinski definition) is 4. The van der Waals surface area contributed by atoms with Crippen molar-refractivity contribution < 1.29 is 29.4 Å². The fourth-order valence-electron chi connectivity index (χ4n) is 6.98. The van der Waals surface area contributed by atoms with E-state index < -0.39 is 53.4 Å². The standard InChI is InChI=1S/C25H38N2O6/c1-12-3-5-13(6-4-12)11-14-7-9-15(10-8-14)27-23(29)19-17(21(19)25(32)33)16-18(22(28)26-2)20(16)24(30)31/h12-21H,3-11H2,1-2H3,(H,26,28)(H,27,29)(H,30,31)(H,32,33). The fourth-order valence-corrected chi connectivity index (χ4v) is 6.98. The summed E-state index contributed by atoms with van der Waals surface area (Å²) >= 11 is 0. The summed E-state index contributed by atoms with van der Waals surface area (Å²) in [6, 6.07) is 0.0556. The van der Waals surface area contributed by atoms with Crippen molar-refractivity contribution in [3.8, 4) is 0 Å². The first-order valence-electron chi connectivity index (χ1n) is 12.7. The van der Waals surface area contributed by atoms with Crippen LogP contribution < -0.4 is 10.6 Å². The summed E-state index contributed by atoms with van der Waals surface area (Å²) in [6.07, 6.45) is 10.7. The van der Waals surface area contributed by atoms with Gasteiger partial charge >= 0.3 is 11.9 Å². The first-order chi connectivity index (χ1) is 15.7. The van der Waals surface area contributed by atoms with E-state index in [0.717, 1.165) is 37.5 Å². The SMILES string of the molecule is CNC(=O)C1C(C(=O)O)C1C1C(C(=O)O)C1C(=O)NC1CCC(CC2CCC(C)CC2)CC1. The molecule has 0 spiro atoms. The largest absolute Gasteiger partial charge is 0.481 e. The number of carboxylic acid groups (broad SMARTS) is 2. The molecule has 0 heterocycles. The number of amides is 2. The zero-order valence-corrected chi connectivity index (χ0v) is 19.7. The molecule has 8 nitrogen and oxygen atoms in total. The fraction of sp³-hybridized carbons (Fsp3) is 0.840. The number of rotatable bonds is 8. The Labute approximate surface area is 195 Å². The lowest BCUT2D eigenvalue weighted by Gasteiger charge is -2.33. The lowest BCUT2D eigenvalue weighted by atomic mass is 9.74. The molecule has 4 aliphatic rings. The van der Waals surface area contributed by atoms with Crippen molar-refractivity contribution in [1.29, 1.82) is 0 Å². The molecule has 8 heteroatoms. The van der Waals surface area contributed by atoms with E-state index in [-0.39, 0.29) is 11.9 Å². The first kappa shape index (κ1) is 24.0. The monoisotopic (exact) mass is 462 g/mol. The lowest BCUT2D eigenvalue weighted by Crippen LogP contribution is -2.39. The Balaban J connectivity index is 1.28. The molecule has 0 radical (unpaired) electrons. The average Bonchev–Trinajstić information content (AvgIpc) is 3.67. The third-order valence-corrected chi connectivity index (χ3v) is 9.01. The van der Waals surface area contributed by atoms with E-state index in [1.54, 1.807) is 0 Å². The second kappa shape index (κ2) is 9.63. The van der Waals surface area contributed by atoms with Gasteiger partial charge in [0.05, 0.1) is 23.7 Å². The zero-order chi connectivity index (χ0) is 23.9. The van der Waals surface area contributed by atoms with Crippen LogP contribution in [0.4, 0.5) is 0 Å². The molecule has 4 rings (SSSR count). The molecule has 6 unspecified atom stereocenters. The minimum Gasteiger partial charge on any atom is -0.481 e. The lowest BCUT2D eigenvalue weighted by molar-refractivity contribution is -0.141. The Morgan fingerprint density at radius 1 is 0.697 bits per heavy atom. The highest BCUT2D eigenvalue weighted by molar-refractivity contribution is 5.94. The molecule has 4 aliphatic carbocycles. The minimum absolute atomic E-state index is 0.0556. The summed E-state index contributed by atoms with van der Waals surface area (Å²) in [7, 11) is 1.44. The summed E-state index contributed by atoms with van der Waals surface area (Å²) < 4.78 is 0. The quantitative estimate of drug-likeness (QED) is 0.438. The normalized spacial score (nSPS) is 42.1. The summed E-state index contributed by atoms with van der Waals surface area (Å²) in [6.45, 7) is 2.34. The van der Waals surface area contributed by atoms with Gasteiger partial charge in [0.2, 0.25) is 11.8 Å². The Kier molecular flexibility index (Phi) is 7.01. The number of carbonyl (C=O) groups is 4.